The maximum absolute atomic E-state index is 12.8. The summed E-state index contributed by atoms with van der Waals surface area (Å²) in [7, 11) is -2.15. The minimum absolute atomic E-state index is 0.139. The molecule has 3 rings (SSSR count). The second-order valence-corrected chi connectivity index (χ2v) is 8.00. The van der Waals surface area contributed by atoms with Crippen LogP contribution in [0.4, 0.5) is 0 Å². The first kappa shape index (κ1) is 18.2. The molecule has 3 aromatic rings. The number of hydrogen-bond acceptors (Lipinski definition) is 5. The van der Waals surface area contributed by atoms with Gasteiger partial charge in [0.1, 0.15) is 28.7 Å². The van der Waals surface area contributed by atoms with E-state index in [1.807, 2.05) is 31.2 Å². The van der Waals surface area contributed by atoms with E-state index in [-0.39, 0.29) is 18.0 Å². The number of aryl methyl sites for hydroxylation is 2. The number of rotatable bonds is 7. The van der Waals surface area contributed by atoms with Crippen molar-refractivity contribution in [3.05, 3.63) is 53.9 Å². The molecular formula is C18H21N3O4S. The van der Waals surface area contributed by atoms with Gasteiger partial charge in [0.05, 0.1) is 0 Å². The molecule has 2 heterocycles. The van der Waals surface area contributed by atoms with Crippen LogP contribution in [0, 0.1) is 13.8 Å². The Kier molecular flexibility index (Phi) is 5.15. The molecule has 0 spiro atoms. The predicted octanol–water partition coefficient (Wildman–Crippen LogP) is 2.99. The molecule has 0 aliphatic carbocycles. The number of nitrogens with zero attached hydrogens (tertiary/aromatic N) is 2. The summed E-state index contributed by atoms with van der Waals surface area (Å²) in [6, 6.07) is 10.8. The summed E-state index contributed by atoms with van der Waals surface area (Å²) in [5.74, 6) is 1.48. The van der Waals surface area contributed by atoms with Crippen LogP contribution in [-0.4, -0.2) is 43.1 Å². The molecule has 0 bridgehead atoms. The van der Waals surface area contributed by atoms with E-state index in [4.69, 9.17) is 9.15 Å². The summed E-state index contributed by atoms with van der Waals surface area (Å²) in [4.78, 5) is 0.139. The molecule has 0 aliphatic rings. The van der Waals surface area contributed by atoms with Gasteiger partial charge < -0.3 is 9.15 Å². The van der Waals surface area contributed by atoms with E-state index in [2.05, 4.69) is 10.2 Å². The Hall–Kier alpha value is -2.58. The van der Waals surface area contributed by atoms with Gasteiger partial charge in [-0.2, -0.15) is 9.40 Å². The fraction of sp³-hybridized carbons (Fsp3) is 0.278. The average Bonchev–Trinajstić information content (AvgIpc) is 3.26. The fourth-order valence-electron chi connectivity index (χ4n) is 2.46. The van der Waals surface area contributed by atoms with Gasteiger partial charge in [0.15, 0.2) is 5.76 Å². The summed E-state index contributed by atoms with van der Waals surface area (Å²) in [6.07, 6.45) is 1.58. The zero-order chi connectivity index (χ0) is 18.7. The van der Waals surface area contributed by atoms with Crippen molar-refractivity contribution < 1.29 is 17.6 Å². The maximum atomic E-state index is 12.8. The Bertz CT molecular complexity index is 961. The summed E-state index contributed by atoms with van der Waals surface area (Å²) in [5.41, 5.74) is 1.76. The number of nitrogens with one attached hydrogen (secondary N) is 1. The summed E-state index contributed by atoms with van der Waals surface area (Å²) in [5, 5.41) is 6.61. The largest absolute Gasteiger partial charge is 0.492 e. The van der Waals surface area contributed by atoms with E-state index in [1.54, 1.807) is 19.2 Å². The molecule has 8 heteroatoms. The first-order valence-electron chi connectivity index (χ1n) is 8.14. The molecule has 2 aromatic heterocycles. The van der Waals surface area contributed by atoms with Gasteiger partial charge in [0, 0.05) is 25.9 Å². The van der Waals surface area contributed by atoms with Crippen molar-refractivity contribution in [2.45, 2.75) is 18.7 Å². The lowest BCUT2D eigenvalue weighted by Crippen LogP contribution is -2.31. The molecule has 1 N–H and O–H groups in total. The van der Waals surface area contributed by atoms with Crippen molar-refractivity contribution in [2.24, 2.45) is 0 Å². The first-order valence-corrected chi connectivity index (χ1v) is 9.58. The second-order valence-electron chi connectivity index (χ2n) is 5.99. The van der Waals surface area contributed by atoms with Crippen molar-refractivity contribution in [3.8, 4) is 17.2 Å². The Morgan fingerprint density at radius 2 is 1.92 bits per heavy atom. The molecule has 7 nitrogen and oxygen atoms in total. The van der Waals surface area contributed by atoms with Gasteiger partial charge in [-0.3, -0.25) is 5.10 Å². The highest BCUT2D eigenvalue weighted by atomic mass is 32.2. The van der Waals surface area contributed by atoms with Crippen LogP contribution in [0.15, 0.2) is 51.9 Å². The highest BCUT2D eigenvalue weighted by molar-refractivity contribution is 7.89. The highest BCUT2D eigenvalue weighted by Gasteiger charge is 2.26. The van der Waals surface area contributed by atoms with Gasteiger partial charge in [0.25, 0.3) is 0 Å². The van der Waals surface area contributed by atoms with Crippen LogP contribution in [0.3, 0.4) is 0 Å². The lowest BCUT2D eigenvalue weighted by molar-refractivity contribution is 0.286. The minimum atomic E-state index is -3.68. The van der Waals surface area contributed by atoms with Crippen LogP contribution >= 0.6 is 0 Å². The molecule has 0 aliphatic heterocycles. The number of sulfonamides is 1. The van der Waals surface area contributed by atoms with Gasteiger partial charge in [-0.05, 0) is 32.0 Å². The molecule has 0 fully saturated rings. The van der Waals surface area contributed by atoms with Crippen molar-refractivity contribution in [1.29, 1.82) is 0 Å². The normalized spacial score (nSPS) is 11.8. The molecule has 0 saturated carbocycles. The van der Waals surface area contributed by atoms with Crippen molar-refractivity contribution in [1.82, 2.24) is 14.5 Å². The number of benzene rings is 1. The van der Waals surface area contributed by atoms with Crippen LogP contribution in [-0.2, 0) is 10.0 Å². The summed E-state index contributed by atoms with van der Waals surface area (Å²) < 4.78 is 38.1. The molecular weight excluding hydrogens is 354 g/mol. The van der Waals surface area contributed by atoms with E-state index >= 15 is 0 Å². The monoisotopic (exact) mass is 375 g/mol. The third kappa shape index (κ3) is 3.81. The topological polar surface area (TPSA) is 88.4 Å². The first-order chi connectivity index (χ1) is 12.4. The minimum Gasteiger partial charge on any atom is -0.492 e. The lowest BCUT2D eigenvalue weighted by atomic mass is 10.2. The third-order valence-electron chi connectivity index (χ3n) is 4.02. The van der Waals surface area contributed by atoms with E-state index in [1.165, 1.54) is 17.4 Å². The van der Waals surface area contributed by atoms with Gasteiger partial charge in [-0.1, -0.05) is 17.7 Å². The number of ether oxygens (including phenoxy) is 1. The zero-order valence-electron chi connectivity index (χ0n) is 14.9. The molecule has 0 saturated heterocycles. The summed E-state index contributed by atoms with van der Waals surface area (Å²) >= 11 is 0. The number of furan rings is 1. The average molecular weight is 375 g/mol. The van der Waals surface area contributed by atoms with E-state index in [0.29, 0.717) is 23.0 Å². The smallest absolute Gasteiger partial charge is 0.246 e. The quantitative estimate of drug-likeness (QED) is 0.686. The Morgan fingerprint density at radius 3 is 2.58 bits per heavy atom. The van der Waals surface area contributed by atoms with Crippen LogP contribution in [0.1, 0.15) is 11.3 Å². The standard InChI is InChI=1S/C18H21N3O4S/c1-13-4-6-15(7-5-13)24-11-10-21(3)26(22,23)18-12-17(25-14(18)2)16-8-9-19-20-16/h4-9,12H,10-11H2,1-3H3,(H,19,20). The summed E-state index contributed by atoms with van der Waals surface area (Å²) in [6.45, 7) is 4.10. The van der Waals surface area contributed by atoms with Crippen LogP contribution in [0.25, 0.3) is 11.5 Å². The molecule has 0 atom stereocenters. The van der Waals surface area contributed by atoms with Crippen LogP contribution < -0.4 is 4.74 Å². The molecule has 0 amide bonds. The second kappa shape index (κ2) is 7.35. The fourth-order valence-corrected chi connectivity index (χ4v) is 3.77. The Morgan fingerprint density at radius 1 is 1.19 bits per heavy atom. The number of aromatic amines is 1. The molecule has 0 unspecified atom stereocenters. The van der Waals surface area contributed by atoms with Crippen molar-refractivity contribution in [2.75, 3.05) is 20.2 Å². The van der Waals surface area contributed by atoms with Gasteiger partial charge in [-0.25, -0.2) is 8.42 Å². The molecule has 26 heavy (non-hydrogen) atoms. The van der Waals surface area contributed by atoms with Crippen molar-refractivity contribution in [3.63, 3.8) is 0 Å². The van der Waals surface area contributed by atoms with E-state index < -0.39 is 10.0 Å². The molecule has 138 valence electrons. The van der Waals surface area contributed by atoms with Crippen molar-refractivity contribution >= 4 is 10.0 Å². The van der Waals surface area contributed by atoms with E-state index in [0.717, 1.165) is 5.56 Å². The Labute approximate surface area is 152 Å². The highest BCUT2D eigenvalue weighted by Crippen LogP contribution is 2.28. The Balaban J connectivity index is 1.68. The predicted molar refractivity (Wildman–Crippen MR) is 97.5 cm³/mol. The zero-order valence-corrected chi connectivity index (χ0v) is 15.7. The van der Waals surface area contributed by atoms with E-state index in [9.17, 15) is 8.42 Å². The third-order valence-corrected chi connectivity index (χ3v) is 5.99. The molecule has 0 radical (unpaired) electrons. The number of H-pyrrole nitrogens is 1. The number of hydrogen-bond donors (Lipinski definition) is 1. The number of aromatic nitrogens is 2. The van der Waals surface area contributed by atoms with Gasteiger partial charge in [0.2, 0.25) is 10.0 Å². The van der Waals surface area contributed by atoms with Crippen LogP contribution in [0.5, 0.6) is 5.75 Å². The SMILES string of the molecule is Cc1ccc(OCCN(C)S(=O)(=O)c2cc(-c3ccn[nH]3)oc2C)cc1. The molecule has 1 aromatic carbocycles. The lowest BCUT2D eigenvalue weighted by Gasteiger charge is -2.17. The van der Waals surface area contributed by atoms with Crippen LogP contribution in [0.2, 0.25) is 0 Å². The maximum Gasteiger partial charge on any atom is 0.246 e. The number of likely N-dealkylation sites (N-methyl/N-ethyl adjacent to an activating group) is 1. The van der Waals surface area contributed by atoms with Gasteiger partial charge >= 0.3 is 0 Å². The van der Waals surface area contributed by atoms with Gasteiger partial charge in [-0.15, -0.1) is 0 Å².